The number of carboxylic acid groups (broad SMARTS) is 1. The van der Waals surface area contributed by atoms with Crippen LogP contribution in [0.1, 0.15) is 22.2 Å². The molecule has 0 saturated heterocycles. The average Bonchev–Trinajstić information content (AvgIpc) is 2.15. The first kappa shape index (κ1) is 16.0. The molecule has 0 fully saturated rings. The van der Waals surface area contributed by atoms with Crippen LogP contribution in [0.4, 0.5) is 13.2 Å². The van der Waals surface area contributed by atoms with Gasteiger partial charge in [-0.05, 0) is 6.07 Å². The Labute approximate surface area is 131 Å². The summed E-state index contributed by atoms with van der Waals surface area (Å²) in [5.41, 5.74) is -1.74. The van der Waals surface area contributed by atoms with Gasteiger partial charge in [-0.25, -0.2) is 0 Å². The second-order valence-corrected chi connectivity index (χ2v) is 2.67. The van der Waals surface area contributed by atoms with Gasteiger partial charge in [-0.15, -0.1) is 0 Å². The van der Waals surface area contributed by atoms with Crippen LogP contribution in [0.3, 0.4) is 0 Å². The van der Waals surface area contributed by atoms with Crippen molar-refractivity contribution in [2.75, 3.05) is 0 Å². The minimum atomic E-state index is -4.94. The second kappa shape index (κ2) is 6.08. The maximum atomic E-state index is 12.1. The Hall–Kier alpha value is 0.00636. The quantitative estimate of drug-likeness (QED) is 0.576. The monoisotopic (exact) mass is 259 g/mol. The molecule has 0 spiro atoms. The molecule has 1 rings (SSSR count). The summed E-state index contributed by atoms with van der Waals surface area (Å²) < 4.78 is 36.3. The third-order valence-corrected chi connectivity index (χ3v) is 1.64. The number of aromatic carboxylic acids is 1. The van der Waals surface area contributed by atoms with E-state index in [2.05, 4.69) is 4.98 Å². The molecule has 4 nitrogen and oxygen atoms in total. The molecule has 16 heavy (non-hydrogen) atoms. The van der Waals surface area contributed by atoms with Gasteiger partial charge in [0.1, 0.15) is 0 Å². The van der Waals surface area contributed by atoms with Crippen molar-refractivity contribution in [1.29, 1.82) is 0 Å². The number of aromatic nitrogens is 1. The number of aliphatic hydroxyl groups excluding tert-OH is 1. The minimum absolute atomic E-state index is 0. The average molecular weight is 259 g/mol. The van der Waals surface area contributed by atoms with E-state index in [0.29, 0.717) is 0 Å². The molecule has 8 heteroatoms. The zero-order valence-electron chi connectivity index (χ0n) is 8.15. The molecule has 0 aliphatic heterocycles. The third kappa shape index (κ3) is 3.79. The number of nitrogens with zero attached hydrogens (tertiary/aromatic N) is 1. The zero-order chi connectivity index (χ0) is 11.6. The van der Waals surface area contributed by atoms with Gasteiger partial charge in [-0.1, -0.05) is 6.07 Å². The van der Waals surface area contributed by atoms with Crippen LogP contribution in [0, 0.1) is 0 Å². The molecule has 1 aromatic rings. The fraction of sp³-hybridized carbons (Fsp3) is 0.250. The number of rotatable bonds is 2. The summed E-state index contributed by atoms with van der Waals surface area (Å²) in [6.07, 6.45) is -6.82. The number of aliphatic hydroxyl groups is 1. The Morgan fingerprint density at radius 3 is 2.50 bits per heavy atom. The van der Waals surface area contributed by atoms with Gasteiger partial charge in [0.15, 0.2) is 6.10 Å². The molecular weight excluding hydrogens is 254 g/mol. The molecule has 1 aromatic heterocycles. The first-order chi connectivity index (χ1) is 6.84. The summed E-state index contributed by atoms with van der Waals surface area (Å²) >= 11 is 0. The van der Waals surface area contributed by atoms with E-state index in [1.807, 2.05) is 0 Å². The summed E-state index contributed by atoms with van der Waals surface area (Å²) in [5, 5.41) is 19.2. The van der Waals surface area contributed by atoms with E-state index >= 15 is 0 Å². The second-order valence-electron chi connectivity index (χ2n) is 2.67. The summed E-state index contributed by atoms with van der Waals surface area (Å²) in [5.74, 6) is -1.87. The van der Waals surface area contributed by atoms with E-state index in [4.69, 9.17) is 5.11 Å². The van der Waals surface area contributed by atoms with Gasteiger partial charge < -0.3 is 15.0 Å². The van der Waals surface area contributed by atoms with E-state index in [1.54, 1.807) is 0 Å². The molecule has 1 N–H and O–H groups in total. The van der Waals surface area contributed by atoms with Crippen molar-refractivity contribution >= 4 is 5.97 Å². The molecule has 0 saturated carbocycles. The number of halogens is 3. The third-order valence-electron chi connectivity index (χ3n) is 1.64. The Kier molecular flexibility index (Phi) is 6.08. The van der Waals surface area contributed by atoms with Crippen molar-refractivity contribution in [2.45, 2.75) is 12.3 Å². The number of carbonyl (C=O) groups is 1. The van der Waals surface area contributed by atoms with Crippen LogP contribution >= 0.6 is 0 Å². The molecule has 0 aliphatic carbocycles. The van der Waals surface area contributed by atoms with Gasteiger partial charge >= 0.3 is 57.6 Å². The molecule has 1 atom stereocenters. The number of hydrogen-bond donors (Lipinski definition) is 1. The fourth-order valence-corrected chi connectivity index (χ4v) is 0.985. The molecule has 0 amide bonds. The standard InChI is InChI=1S/C8H6F3NO3.K/c9-8(10,11)6(13)4-2-1-3-12-5(4)7(14)15;/h1-3,6,13H,(H,14,15);/q;+1/p-1. The van der Waals surface area contributed by atoms with Crippen molar-refractivity contribution < 1.29 is 79.6 Å². The van der Waals surface area contributed by atoms with Crippen molar-refractivity contribution in [3.63, 3.8) is 0 Å². The number of carboxylic acids is 1. The maximum absolute atomic E-state index is 12.1. The molecule has 0 bridgehead atoms. The van der Waals surface area contributed by atoms with Crippen molar-refractivity contribution in [3.05, 3.63) is 29.6 Å². The topological polar surface area (TPSA) is 73.2 Å². The van der Waals surface area contributed by atoms with Gasteiger partial charge in [-0.2, -0.15) is 13.2 Å². The first-order valence-electron chi connectivity index (χ1n) is 3.75. The van der Waals surface area contributed by atoms with Gasteiger partial charge in [0, 0.05) is 11.8 Å². The molecule has 82 valence electrons. The Morgan fingerprint density at radius 2 is 2.06 bits per heavy atom. The minimum Gasteiger partial charge on any atom is -0.543 e. The van der Waals surface area contributed by atoms with Crippen LogP contribution in [-0.2, 0) is 0 Å². The van der Waals surface area contributed by atoms with E-state index < -0.39 is 29.5 Å². The molecule has 0 aromatic carbocycles. The Morgan fingerprint density at radius 1 is 1.50 bits per heavy atom. The van der Waals surface area contributed by atoms with Gasteiger partial charge in [0.2, 0.25) is 0 Å². The van der Waals surface area contributed by atoms with E-state index in [1.165, 1.54) is 0 Å². The largest absolute Gasteiger partial charge is 1.00 e. The van der Waals surface area contributed by atoms with E-state index in [-0.39, 0.29) is 51.4 Å². The van der Waals surface area contributed by atoms with Crippen LogP contribution in [0.25, 0.3) is 0 Å². The molecule has 0 radical (unpaired) electrons. The predicted molar refractivity (Wildman–Crippen MR) is 39.6 cm³/mol. The van der Waals surface area contributed by atoms with Gasteiger partial charge in [0.25, 0.3) is 0 Å². The fourth-order valence-electron chi connectivity index (χ4n) is 0.985. The van der Waals surface area contributed by atoms with E-state index in [0.717, 1.165) is 18.3 Å². The van der Waals surface area contributed by atoms with Crippen LogP contribution < -0.4 is 56.5 Å². The van der Waals surface area contributed by atoms with Crippen LogP contribution in [0.15, 0.2) is 18.3 Å². The molecule has 0 aliphatic rings. The van der Waals surface area contributed by atoms with Crippen molar-refractivity contribution in [1.82, 2.24) is 4.98 Å². The Bertz CT molecular complexity index is 383. The van der Waals surface area contributed by atoms with Crippen LogP contribution in [-0.4, -0.2) is 22.2 Å². The van der Waals surface area contributed by atoms with Crippen LogP contribution in [0.5, 0.6) is 0 Å². The number of alkyl halides is 3. The normalized spacial score (nSPS) is 12.8. The number of pyridine rings is 1. The van der Waals surface area contributed by atoms with E-state index in [9.17, 15) is 23.1 Å². The summed E-state index contributed by atoms with van der Waals surface area (Å²) in [7, 11) is 0. The summed E-state index contributed by atoms with van der Waals surface area (Å²) in [6.45, 7) is 0. The smallest absolute Gasteiger partial charge is 0.543 e. The van der Waals surface area contributed by atoms with Crippen molar-refractivity contribution in [3.8, 4) is 0 Å². The zero-order valence-corrected chi connectivity index (χ0v) is 11.3. The summed E-state index contributed by atoms with van der Waals surface area (Å²) in [6, 6.07) is 1.92. The van der Waals surface area contributed by atoms with Gasteiger partial charge in [-0.3, -0.25) is 4.98 Å². The first-order valence-corrected chi connectivity index (χ1v) is 3.75. The molecule has 1 heterocycles. The molecule has 1 unspecified atom stereocenters. The summed E-state index contributed by atoms with van der Waals surface area (Å²) in [4.78, 5) is 13.6. The van der Waals surface area contributed by atoms with Crippen LogP contribution in [0.2, 0.25) is 0 Å². The molecular formula is C8H5F3KNO3. The SMILES string of the molecule is O=C([O-])c1ncccc1C(O)C(F)(F)F.[K+]. The van der Waals surface area contributed by atoms with Gasteiger partial charge in [0.05, 0.1) is 11.7 Å². The Balaban J connectivity index is 0.00000225. The predicted octanol–water partition coefficient (Wildman–Crippen LogP) is -2.96. The number of carbonyl (C=O) groups excluding carboxylic acids is 1. The van der Waals surface area contributed by atoms with Crippen molar-refractivity contribution in [2.24, 2.45) is 0 Å². The number of hydrogen-bond acceptors (Lipinski definition) is 4. The maximum Gasteiger partial charge on any atom is 1.00 e.